The van der Waals surface area contributed by atoms with E-state index in [0.29, 0.717) is 0 Å². The molecule has 0 unspecified atom stereocenters. The van der Waals surface area contributed by atoms with Crippen LogP contribution in [0.5, 0.6) is 0 Å². The van der Waals surface area contributed by atoms with Crippen molar-refractivity contribution in [1.29, 1.82) is 0 Å². The van der Waals surface area contributed by atoms with Crippen molar-refractivity contribution in [3.05, 3.63) is 249 Å². The molecule has 66 heavy (non-hydrogen) atoms. The molecule has 0 N–H and O–H groups in total. The second-order valence-corrected chi connectivity index (χ2v) is 17.2. The number of benzene rings is 12. The van der Waals surface area contributed by atoms with Gasteiger partial charge in [0, 0.05) is 27.6 Å². The van der Waals surface area contributed by atoms with Crippen LogP contribution in [0, 0.1) is 0 Å². The van der Waals surface area contributed by atoms with Crippen molar-refractivity contribution in [2.45, 2.75) is 0 Å². The second kappa shape index (κ2) is 15.5. The van der Waals surface area contributed by atoms with E-state index >= 15 is 0 Å². The lowest BCUT2D eigenvalue weighted by atomic mass is 9.93. The molecule has 13 rings (SSSR count). The van der Waals surface area contributed by atoms with Gasteiger partial charge in [-0.15, -0.1) is 0 Å². The third-order valence-electron chi connectivity index (χ3n) is 13.5. The van der Waals surface area contributed by atoms with Gasteiger partial charge in [-0.25, -0.2) is 0 Å². The van der Waals surface area contributed by atoms with Gasteiger partial charge in [0.1, 0.15) is 11.2 Å². The van der Waals surface area contributed by atoms with Crippen molar-refractivity contribution in [2.24, 2.45) is 0 Å². The van der Waals surface area contributed by atoms with Gasteiger partial charge >= 0.3 is 0 Å². The van der Waals surface area contributed by atoms with Crippen molar-refractivity contribution >= 4 is 82.1 Å². The van der Waals surface area contributed by atoms with E-state index in [9.17, 15) is 0 Å². The van der Waals surface area contributed by atoms with Gasteiger partial charge in [-0.3, -0.25) is 0 Å². The Kier molecular flexibility index (Phi) is 8.89. The van der Waals surface area contributed by atoms with Crippen LogP contribution in [0.4, 0.5) is 17.1 Å². The minimum atomic E-state index is 0.894. The molecule has 0 aliphatic carbocycles. The van der Waals surface area contributed by atoms with E-state index in [1.54, 1.807) is 0 Å². The van der Waals surface area contributed by atoms with Crippen LogP contribution in [0.25, 0.3) is 110 Å². The molecule has 0 radical (unpaired) electrons. The molecular weight excluding hydrogens is 799 g/mol. The van der Waals surface area contributed by atoms with E-state index in [1.807, 2.05) is 12.1 Å². The number of furan rings is 1. The summed E-state index contributed by atoms with van der Waals surface area (Å²) in [4.78, 5) is 2.44. The van der Waals surface area contributed by atoms with Gasteiger partial charge in [0.25, 0.3) is 0 Å². The van der Waals surface area contributed by atoms with Crippen molar-refractivity contribution in [3.63, 3.8) is 0 Å². The van der Waals surface area contributed by atoms with E-state index in [4.69, 9.17) is 4.42 Å². The zero-order valence-corrected chi connectivity index (χ0v) is 36.0. The molecule has 0 spiro atoms. The van der Waals surface area contributed by atoms with Crippen molar-refractivity contribution in [1.82, 2.24) is 0 Å². The molecule has 0 aliphatic rings. The molecule has 0 fully saturated rings. The van der Waals surface area contributed by atoms with Gasteiger partial charge in [-0.05, 0) is 119 Å². The highest BCUT2D eigenvalue weighted by Gasteiger charge is 2.22. The predicted molar refractivity (Wildman–Crippen MR) is 280 cm³/mol. The molecule has 0 amide bonds. The fraction of sp³-hybridized carbons (Fsp3) is 0. The van der Waals surface area contributed by atoms with E-state index in [0.717, 1.165) is 66.8 Å². The monoisotopic (exact) mass is 839 g/mol. The summed E-state index contributed by atoms with van der Waals surface area (Å²) in [5.74, 6) is 0. The number of fused-ring (bicyclic) bond motifs is 9. The summed E-state index contributed by atoms with van der Waals surface area (Å²) in [5.41, 5.74) is 14.4. The Morgan fingerprint density at radius 3 is 1.45 bits per heavy atom. The van der Waals surface area contributed by atoms with E-state index in [1.165, 1.54) is 59.8 Å². The van der Waals surface area contributed by atoms with Crippen molar-refractivity contribution < 1.29 is 4.42 Å². The molecule has 1 aromatic heterocycles. The van der Waals surface area contributed by atoms with E-state index in [2.05, 4.69) is 241 Å². The zero-order chi connectivity index (χ0) is 43.6. The average molecular weight is 840 g/mol. The maximum absolute atomic E-state index is 6.31. The first-order chi connectivity index (χ1) is 32.7. The van der Waals surface area contributed by atoms with Gasteiger partial charge in [-0.2, -0.15) is 0 Å². The summed E-state index contributed by atoms with van der Waals surface area (Å²) >= 11 is 0. The van der Waals surface area contributed by atoms with E-state index < -0.39 is 0 Å². The lowest BCUT2D eigenvalue weighted by Gasteiger charge is -2.30. The fourth-order valence-corrected chi connectivity index (χ4v) is 10.3. The number of nitrogens with zero attached hydrogens (tertiary/aromatic N) is 1. The molecule has 2 heteroatoms. The molecule has 13 aromatic rings. The number of para-hydroxylation sites is 3. The fourth-order valence-electron chi connectivity index (χ4n) is 10.3. The minimum absolute atomic E-state index is 0.894. The summed E-state index contributed by atoms with van der Waals surface area (Å²) in [6.45, 7) is 0. The van der Waals surface area contributed by atoms with Crippen LogP contribution in [0.2, 0.25) is 0 Å². The molecule has 0 saturated carbocycles. The molecule has 0 bridgehead atoms. The SMILES string of the molecule is c1ccc(N(c2ccc(-c3cccc4oc5ccccc5c34)cc2)c2ccccc2-c2ccc3ccc4ccccc4c3c2)c(-c2ccc(-c3cccc4c3ccc3ccccc34)cc2)c1. The normalized spacial score (nSPS) is 11.6. The van der Waals surface area contributed by atoms with Crippen LogP contribution in [-0.2, 0) is 0 Å². The molecule has 12 aromatic carbocycles. The summed E-state index contributed by atoms with van der Waals surface area (Å²) in [6, 6.07) is 90.4. The Bertz CT molecular complexity index is 3990. The summed E-state index contributed by atoms with van der Waals surface area (Å²) < 4.78 is 6.31. The van der Waals surface area contributed by atoms with Gasteiger partial charge < -0.3 is 9.32 Å². The molecule has 0 saturated heterocycles. The van der Waals surface area contributed by atoms with Crippen LogP contribution in [0.1, 0.15) is 0 Å². The van der Waals surface area contributed by atoms with Gasteiger partial charge in [0.2, 0.25) is 0 Å². The first-order valence-corrected chi connectivity index (χ1v) is 22.7. The smallest absolute Gasteiger partial charge is 0.136 e. The largest absolute Gasteiger partial charge is 0.456 e. The lowest BCUT2D eigenvalue weighted by Crippen LogP contribution is -2.12. The molecule has 0 aliphatic heterocycles. The van der Waals surface area contributed by atoms with Gasteiger partial charge in [0.05, 0.1) is 11.4 Å². The summed E-state index contributed by atoms with van der Waals surface area (Å²) in [6.07, 6.45) is 0. The Morgan fingerprint density at radius 2 is 0.712 bits per heavy atom. The first-order valence-electron chi connectivity index (χ1n) is 22.7. The van der Waals surface area contributed by atoms with Crippen LogP contribution in [0.3, 0.4) is 0 Å². The summed E-state index contributed by atoms with van der Waals surface area (Å²) in [7, 11) is 0. The topological polar surface area (TPSA) is 16.4 Å². The highest BCUT2D eigenvalue weighted by Crippen LogP contribution is 2.47. The van der Waals surface area contributed by atoms with Crippen molar-refractivity contribution in [2.75, 3.05) is 4.90 Å². The van der Waals surface area contributed by atoms with Crippen molar-refractivity contribution in [3.8, 4) is 44.5 Å². The van der Waals surface area contributed by atoms with Crippen LogP contribution in [0.15, 0.2) is 253 Å². The van der Waals surface area contributed by atoms with Gasteiger partial charge in [-0.1, -0.05) is 206 Å². The van der Waals surface area contributed by atoms with Crippen LogP contribution < -0.4 is 4.90 Å². The number of hydrogen-bond donors (Lipinski definition) is 0. The lowest BCUT2D eigenvalue weighted by molar-refractivity contribution is 0.669. The Hall–Kier alpha value is -8.72. The zero-order valence-electron chi connectivity index (χ0n) is 36.0. The quantitative estimate of drug-likeness (QED) is 0.149. The van der Waals surface area contributed by atoms with Crippen LogP contribution >= 0.6 is 0 Å². The molecule has 308 valence electrons. The summed E-state index contributed by atoms with van der Waals surface area (Å²) in [5, 5.41) is 12.3. The number of rotatable bonds is 7. The Labute approximate surface area is 382 Å². The third-order valence-corrected chi connectivity index (χ3v) is 13.5. The Balaban J connectivity index is 0.968. The third kappa shape index (κ3) is 6.26. The maximum Gasteiger partial charge on any atom is 0.136 e. The second-order valence-electron chi connectivity index (χ2n) is 17.2. The highest BCUT2D eigenvalue weighted by molar-refractivity contribution is 6.14. The predicted octanol–water partition coefficient (Wildman–Crippen LogP) is 18.3. The molecular formula is C64H41NO. The number of anilines is 3. The standard InChI is InChI=1S/C64H41NO/c1-3-15-50-43(14-1)37-40-57-51(20-11-22-56(50)57)44-28-30-45(31-29-44)53-17-5-8-23-60(53)65(49-38-35-46(36-39-49)55-21-12-26-63-64(55)58-19-7-10-25-62(58)66-63)61-24-9-6-18-54(61)48-34-33-47-32-27-42-13-2-4-16-52(42)59(47)41-48/h1-41H. The number of hydrogen-bond acceptors (Lipinski definition) is 2. The Morgan fingerprint density at radius 1 is 0.258 bits per heavy atom. The molecule has 2 nitrogen and oxygen atoms in total. The maximum atomic E-state index is 6.31. The average Bonchev–Trinajstić information content (AvgIpc) is 3.78. The first kappa shape index (κ1) is 37.8. The van der Waals surface area contributed by atoms with Crippen LogP contribution in [-0.4, -0.2) is 0 Å². The van der Waals surface area contributed by atoms with Gasteiger partial charge in [0.15, 0.2) is 0 Å². The molecule has 0 atom stereocenters. The highest BCUT2D eigenvalue weighted by atomic mass is 16.3. The molecule has 1 heterocycles. The van der Waals surface area contributed by atoms with E-state index in [-0.39, 0.29) is 0 Å². The minimum Gasteiger partial charge on any atom is -0.456 e.